The monoisotopic (exact) mass is 328 g/mol. The Hall–Kier alpha value is -2.27. The van der Waals surface area contributed by atoms with Crippen molar-refractivity contribution in [3.8, 4) is 6.07 Å². The molecule has 1 fully saturated rings. The van der Waals surface area contributed by atoms with E-state index >= 15 is 0 Å². The van der Waals surface area contributed by atoms with Crippen molar-refractivity contribution >= 4 is 11.6 Å². The minimum Gasteiger partial charge on any atom is -0.370 e. The van der Waals surface area contributed by atoms with E-state index in [9.17, 15) is 18.0 Å². The molecule has 1 amide bonds. The number of benzene rings is 1. The van der Waals surface area contributed by atoms with Gasteiger partial charge in [-0.05, 0) is 38.0 Å². The van der Waals surface area contributed by atoms with Gasteiger partial charge in [0, 0.05) is 13.1 Å². The fourth-order valence-electron chi connectivity index (χ4n) is 2.02. The van der Waals surface area contributed by atoms with E-state index in [1.54, 1.807) is 6.92 Å². The van der Waals surface area contributed by atoms with Gasteiger partial charge < -0.3 is 16.4 Å². The number of alkyl halides is 3. The van der Waals surface area contributed by atoms with Crippen molar-refractivity contribution in [2.24, 2.45) is 11.5 Å². The molecule has 1 heterocycles. The zero-order chi connectivity index (χ0) is 17.6. The van der Waals surface area contributed by atoms with E-state index in [1.165, 1.54) is 6.07 Å². The molecule has 2 rings (SSSR count). The Labute approximate surface area is 132 Å². The average molecular weight is 328 g/mol. The van der Waals surface area contributed by atoms with Crippen LogP contribution in [0.15, 0.2) is 18.2 Å². The SMILES string of the molecule is CC(N)C(N)=O.N#Cc1ccc(C(F)(F)F)cc1N1CCCC1. The van der Waals surface area contributed by atoms with Gasteiger partial charge in [-0.3, -0.25) is 4.79 Å². The molecular formula is C15H19F3N4O. The molecular weight excluding hydrogens is 309 g/mol. The third kappa shape index (κ3) is 5.45. The molecule has 0 radical (unpaired) electrons. The van der Waals surface area contributed by atoms with E-state index < -0.39 is 23.7 Å². The van der Waals surface area contributed by atoms with Gasteiger partial charge >= 0.3 is 6.18 Å². The van der Waals surface area contributed by atoms with Crippen molar-refractivity contribution in [1.29, 1.82) is 5.26 Å². The molecule has 0 aromatic heterocycles. The highest BCUT2D eigenvalue weighted by molar-refractivity contribution is 5.78. The molecule has 0 spiro atoms. The van der Waals surface area contributed by atoms with Crippen molar-refractivity contribution in [3.05, 3.63) is 29.3 Å². The van der Waals surface area contributed by atoms with Gasteiger partial charge in [0.15, 0.2) is 0 Å². The number of nitriles is 1. The Bertz CT molecular complexity index is 587. The molecule has 0 bridgehead atoms. The van der Waals surface area contributed by atoms with Gasteiger partial charge in [-0.1, -0.05) is 0 Å². The molecule has 1 unspecified atom stereocenters. The number of halogens is 3. The first-order valence-electron chi connectivity index (χ1n) is 7.08. The van der Waals surface area contributed by atoms with Gasteiger partial charge in [0.1, 0.15) is 6.07 Å². The van der Waals surface area contributed by atoms with Crippen LogP contribution in [-0.2, 0) is 11.0 Å². The molecule has 4 N–H and O–H groups in total. The quantitative estimate of drug-likeness (QED) is 0.868. The third-order valence-corrected chi connectivity index (χ3v) is 3.34. The topological polar surface area (TPSA) is 96.1 Å². The van der Waals surface area contributed by atoms with Crippen LogP contribution in [0.5, 0.6) is 0 Å². The fourth-order valence-corrected chi connectivity index (χ4v) is 2.02. The van der Waals surface area contributed by atoms with Crippen molar-refractivity contribution in [2.75, 3.05) is 18.0 Å². The van der Waals surface area contributed by atoms with Crippen molar-refractivity contribution in [1.82, 2.24) is 0 Å². The van der Waals surface area contributed by atoms with Gasteiger partial charge in [-0.2, -0.15) is 18.4 Å². The summed E-state index contributed by atoms with van der Waals surface area (Å²) in [5.74, 6) is -0.463. The molecule has 8 heteroatoms. The summed E-state index contributed by atoms with van der Waals surface area (Å²) in [5, 5.41) is 8.91. The molecule has 1 aromatic rings. The smallest absolute Gasteiger partial charge is 0.370 e. The summed E-state index contributed by atoms with van der Waals surface area (Å²) in [5.41, 5.74) is 9.64. The zero-order valence-corrected chi connectivity index (χ0v) is 12.7. The van der Waals surface area contributed by atoms with Crippen LogP contribution in [0.3, 0.4) is 0 Å². The summed E-state index contributed by atoms with van der Waals surface area (Å²) in [6.07, 6.45) is -2.44. The number of primary amides is 1. The minimum absolute atomic E-state index is 0.305. The Morgan fingerprint density at radius 1 is 1.35 bits per heavy atom. The summed E-state index contributed by atoms with van der Waals surface area (Å²) in [6.45, 7) is 2.98. The summed E-state index contributed by atoms with van der Waals surface area (Å²) >= 11 is 0. The van der Waals surface area contributed by atoms with Crippen LogP contribution in [0.25, 0.3) is 0 Å². The summed E-state index contributed by atoms with van der Waals surface area (Å²) < 4.78 is 37.8. The minimum atomic E-state index is -4.36. The average Bonchev–Trinajstić information content (AvgIpc) is 3.00. The maximum absolute atomic E-state index is 12.6. The normalized spacial score (nSPS) is 15.4. The molecule has 0 saturated carbocycles. The van der Waals surface area contributed by atoms with Gasteiger partial charge in [-0.15, -0.1) is 0 Å². The number of carbonyl (C=O) groups is 1. The molecule has 1 saturated heterocycles. The molecule has 0 aliphatic carbocycles. The molecule has 1 aromatic carbocycles. The summed E-state index contributed by atoms with van der Waals surface area (Å²) in [6, 6.07) is 4.71. The highest BCUT2D eigenvalue weighted by Crippen LogP contribution is 2.34. The Morgan fingerprint density at radius 2 is 1.87 bits per heavy atom. The van der Waals surface area contributed by atoms with Gasteiger partial charge in [0.05, 0.1) is 22.9 Å². The lowest BCUT2D eigenvalue weighted by Gasteiger charge is -2.20. The van der Waals surface area contributed by atoms with Crippen LogP contribution in [-0.4, -0.2) is 25.0 Å². The molecule has 126 valence electrons. The van der Waals surface area contributed by atoms with Gasteiger partial charge in [0.25, 0.3) is 0 Å². The van der Waals surface area contributed by atoms with Crippen molar-refractivity contribution < 1.29 is 18.0 Å². The van der Waals surface area contributed by atoms with Crippen LogP contribution < -0.4 is 16.4 Å². The Morgan fingerprint density at radius 3 is 2.26 bits per heavy atom. The lowest BCUT2D eigenvalue weighted by molar-refractivity contribution is -0.137. The largest absolute Gasteiger partial charge is 0.416 e. The van der Waals surface area contributed by atoms with Gasteiger partial charge in [0.2, 0.25) is 5.91 Å². The molecule has 1 aliphatic heterocycles. The zero-order valence-electron chi connectivity index (χ0n) is 12.7. The molecule has 23 heavy (non-hydrogen) atoms. The highest BCUT2D eigenvalue weighted by atomic mass is 19.4. The first-order valence-corrected chi connectivity index (χ1v) is 7.08. The number of hydrogen-bond donors (Lipinski definition) is 2. The standard InChI is InChI=1S/C12H11F3N2.C3H8N2O/c13-12(14,15)10-4-3-9(8-16)11(7-10)17-5-1-2-6-17;1-2(4)3(5)6/h3-4,7H,1-2,5-6H2;2H,4H2,1H3,(H2,5,6). The lowest BCUT2D eigenvalue weighted by atomic mass is 10.1. The Kier molecular flexibility index (Phi) is 6.39. The van der Waals surface area contributed by atoms with Crippen LogP contribution in [0.4, 0.5) is 18.9 Å². The summed E-state index contributed by atoms with van der Waals surface area (Å²) in [4.78, 5) is 11.6. The fraction of sp³-hybridized carbons (Fsp3) is 0.467. The van der Waals surface area contributed by atoms with Crippen LogP contribution in [0.1, 0.15) is 30.9 Å². The van der Waals surface area contributed by atoms with E-state index in [0.717, 1.165) is 38.1 Å². The molecule has 5 nitrogen and oxygen atoms in total. The number of hydrogen-bond acceptors (Lipinski definition) is 4. The number of anilines is 1. The van der Waals surface area contributed by atoms with Crippen molar-refractivity contribution in [3.63, 3.8) is 0 Å². The third-order valence-electron chi connectivity index (χ3n) is 3.34. The van der Waals surface area contributed by atoms with Crippen LogP contribution >= 0.6 is 0 Å². The molecule has 1 atom stereocenters. The number of amides is 1. The van der Waals surface area contributed by atoms with Gasteiger partial charge in [-0.25, -0.2) is 0 Å². The maximum atomic E-state index is 12.6. The van der Waals surface area contributed by atoms with E-state index in [0.29, 0.717) is 11.3 Å². The second kappa shape index (κ2) is 7.83. The first-order chi connectivity index (χ1) is 10.7. The van der Waals surface area contributed by atoms with E-state index in [4.69, 9.17) is 11.0 Å². The second-order valence-corrected chi connectivity index (χ2v) is 5.23. The Balaban J connectivity index is 0.000000379. The highest BCUT2D eigenvalue weighted by Gasteiger charge is 2.31. The van der Waals surface area contributed by atoms with Crippen molar-refractivity contribution in [2.45, 2.75) is 32.0 Å². The maximum Gasteiger partial charge on any atom is 0.416 e. The summed E-state index contributed by atoms with van der Waals surface area (Å²) in [7, 11) is 0. The lowest BCUT2D eigenvalue weighted by Crippen LogP contribution is -2.32. The number of carbonyl (C=O) groups excluding carboxylic acids is 1. The predicted octanol–water partition coefficient (Wildman–Crippen LogP) is 2.00. The number of nitrogens with zero attached hydrogens (tertiary/aromatic N) is 2. The number of rotatable bonds is 2. The van der Waals surface area contributed by atoms with Crippen LogP contribution in [0.2, 0.25) is 0 Å². The van der Waals surface area contributed by atoms with E-state index in [-0.39, 0.29) is 0 Å². The first kappa shape index (κ1) is 18.8. The van der Waals surface area contributed by atoms with E-state index in [1.807, 2.05) is 11.0 Å². The van der Waals surface area contributed by atoms with Crippen LogP contribution in [0, 0.1) is 11.3 Å². The predicted molar refractivity (Wildman–Crippen MR) is 80.4 cm³/mol. The molecule has 1 aliphatic rings. The second-order valence-electron chi connectivity index (χ2n) is 5.23. The van der Waals surface area contributed by atoms with E-state index in [2.05, 4.69) is 5.73 Å². The number of nitrogens with two attached hydrogens (primary N) is 2.